The lowest BCUT2D eigenvalue weighted by atomic mass is 10.0. The molecule has 1 aromatic rings. The van der Waals surface area contributed by atoms with Gasteiger partial charge in [0.1, 0.15) is 0 Å². The highest BCUT2D eigenvalue weighted by molar-refractivity contribution is 5.81. The Morgan fingerprint density at radius 3 is 2.78 bits per heavy atom. The van der Waals surface area contributed by atoms with E-state index in [1.807, 2.05) is 13.2 Å². The predicted octanol–water partition coefficient (Wildman–Crippen LogP) is 0.972. The Bertz CT molecular complexity index is 398. The summed E-state index contributed by atoms with van der Waals surface area (Å²) < 4.78 is 1.77. The summed E-state index contributed by atoms with van der Waals surface area (Å²) in [6.45, 7) is 6.67. The third-order valence-corrected chi connectivity index (χ3v) is 2.84. The molecule has 1 rings (SSSR count). The summed E-state index contributed by atoms with van der Waals surface area (Å²) in [4.78, 5) is 11.8. The molecule has 18 heavy (non-hydrogen) atoms. The average molecular weight is 252 g/mol. The Hall–Kier alpha value is -1.36. The van der Waals surface area contributed by atoms with Crippen molar-refractivity contribution in [1.29, 1.82) is 0 Å². The topological polar surface area (TPSA) is 72.9 Å². The SMILES string of the molecule is CCc1nn(C)cc1CNC(=O)[C@@H](N)CC(C)C. The number of nitrogens with one attached hydrogen (secondary N) is 1. The summed E-state index contributed by atoms with van der Waals surface area (Å²) in [5.74, 6) is 0.338. The molecule has 1 amide bonds. The smallest absolute Gasteiger partial charge is 0.237 e. The first-order chi connectivity index (χ1) is 8.43. The van der Waals surface area contributed by atoms with E-state index in [9.17, 15) is 4.79 Å². The van der Waals surface area contributed by atoms with Gasteiger partial charge >= 0.3 is 0 Å². The van der Waals surface area contributed by atoms with Crippen LogP contribution in [0.2, 0.25) is 0 Å². The van der Waals surface area contributed by atoms with Crippen LogP contribution in [0.5, 0.6) is 0 Å². The monoisotopic (exact) mass is 252 g/mol. The zero-order valence-electron chi connectivity index (χ0n) is 11.7. The van der Waals surface area contributed by atoms with Crippen LogP contribution < -0.4 is 11.1 Å². The van der Waals surface area contributed by atoms with Gasteiger partial charge < -0.3 is 11.1 Å². The van der Waals surface area contributed by atoms with Crippen molar-refractivity contribution in [1.82, 2.24) is 15.1 Å². The summed E-state index contributed by atoms with van der Waals surface area (Å²) in [5.41, 5.74) is 7.91. The maximum absolute atomic E-state index is 11.8. The van der Waals surface area contributed by atoms with Gasteiger partial charge in [-0.3, -0.25) is 9.48 Å². The molecule has 1 aromatic heterocycles. The number of nitrogens with two attached hydrogens (primary N) is 1. The maximum atomic E-state index is 11.8. The van der Waals surface area contributed by atoms with Crippen molar-refractivity contribution in [3.63, 3.8) is 0 Å². The van der Waals surface area contributed by atoms with E-state index >= 15 is 0 Å². The van der Waals surface area contributed by atoms with Gasteiger partial charge in [-0.15, -0.1) is 0 Å². The number of aryl methyl sites for hydroxylation is 2. The lowest BCUT2D eigenvalue weighted by molar-refractivity contribution is -0.122. The minimum absolute atomic E-state index is 0.0883. The third-order valence-electron chi connectivity index (χ3n) is 2.84. The van der Waals surface area contributed by atoms with Crippen molar-refractivity contribution in [3.8, 4) is 0 Å². The van der Waals surface area contributed by atoms with Crippen LogP contribution in [0.15, 0.2) is 6.20 Å². The molecule has 5 nitrogen and oxygen atoms in total. The first-order valence-electron chi connectivity index (χ1n) is 6.48. The maximum Gasteiger partial charge on any atom is 0.237 e. The predicted molar refractivity (Wildman–Crippen MR) is 71.9 cm³/mol. The van der Waals surface area contributed by atoms with Gasteiger partial charge in [0.05, 0.1) is 11.7 Å². The third kappa shape index (κ3) is 4.14. The van der Waals surface area contributed by atoms with E-state index in [0.717, 1.165) is 17.7 Å². The molecular formula is C13H24N4O. The van der Waals surface area contributed by atoms with Gasteiger partial charge in [0.15, 0.2) is 0 Å². The van der Waals surface area contributed by atoms with Crippen LogP contribution in [0, 0.1) is 5.92 Å². The second-order valence-corrected chi connectivity index (χ2v) is 5.08. The summed E-state index contributed by atoms with van der Waals surface area (Å²) in [5, 5.41) is 7.21. The second-order valence-electron chi connectivity index (χ2n) is 5.08. The quantitative estimate of drug-likeness (QED) is 0.792. The van der Waals surface area contributed by atoms with Crippen LogP contribution in [0.1, 0.15) is 38.4 Å². The van der Waals surface area contributed by atoms with Gasteiger partial charge in [0.25, 0.3) is 0 Å². The minimum atomic E-state index is -0.424. The molecule has 0 fully saturated rings. The Balaban J connectivity index is 2.51. The van der Waals surface area contributed by atoms with Crippen LogP contribution in [0.3, 0.4) is 0 Å². The molecule has 0 aliphatic rings. The Kier molecular flexibility index (Phi) is 5.34. The molecule has 0 bridgehead atoms. The minimum Gasteiger partial charge on any atom is -0.351 e. The van der Waals surface area contributed by atoms with Crippen LogP contribution in [0.25, 0.3) is 0 Å². The van der Waals surface area contributed by atoms with Gasteiger partial charge in [-0.1, -0.05) is 20.8 Å². The number of carbonyl (C=O) groups is 1. The van der Waals surface area contributed by atoms with Gasteiger partial charge in [-0.05, 0) is 18.8 Å². The van der Waals surface area contributed by atoms with E-state index in [-0.39, 0.29) is 5.91 Å². The fourth-order valence-electron chi connectivity index (χ4n) is 1.96. The molecule has 5 heteroatoms. The summed E-state index contributed by atoms with van der Waals surface area (Å²) in [6.07, 6.45) is 3.51. The van der Waals surface area contributed by atoms with E-state index in [4.69, 9.17) is 5.73 Å². The van der Waals surface area contributed by atoms with E-state index in [0.29, 0.717) is 18.9 Å². The molecular weight excluding hydrogens is 228 g/mol. The number of hydrogen-bond acceptors (Lipinski definition) is 3. The lowest BCUT2D eigenvalue weighted by Crippen LogP contribution is -2.41. The van der Waals surface area contributed by atoms with Gasteiger partial charge in [-0.2, -0.15) is 5.10 Å². The number of hydrogen-bond donors (Lipinski definition) is 2. The normalized spacial score (nSPS) is 12.8. The van der Waals surface area contributed by atoms with Crippen molar-refractivity contribution in [3.05, 3.63) is 17.5 Å². The molecule has 1 atom stereocenters. The van der Waals surface area contributed by atoms with Crippen molar-refractivity contribution < 1.29 is 4.79 Å². The zero-order chi connectivity index (χ0) is 13.7. The van der Waals surface area contributed by atoms with Gasteiger partial charge in [-0.25, -0.2) is 0 Å². The standard InChI is InChI=1S/C13H24N4O/c1-5-12-10(8-17(4)16-12)7-15-13(18)11(14)6-9(2)3/h8-9,11H,5-7,14H2,1-4H3,(H,15,18)/t11-/m0/s1. The average Bonchev–Trinajstić information content (AvgIpc) is 2.65. The highest BCUT2D eigenvalue weighted by Crippen LogP contribution is 2.07. The molecule has 0 saturated carbocycles. The Labute approximate surface area is 109 Å². The van der Waals surface area contributed by atoms with Crippen molar-refractivity contribution in [2.75, 3.05) is 0 Å². The van der Waals surface area contributed by atoms with E-state index in [1.165, 1.54) is 0 Å². The molecule has 0 unspecified atom stereocenters. The van der Waals surface area contributed by atoms with Crippen LogP contribution in [-0.4, -0.2) is 21.7 Å². The van der Waals surface area contributed by atoms with E-state index in [2.05, 4.69) is 31.2 Å². The van der Waals surface area contributed by atoms with Crippen molar-refractivity contribution in [2.45, 2.75) is 46.2 Å². The number of aromatic nitrogens is 2. The largest absolute Gasteiger partial charge is 0.351 e. The number of carbonyl (C=O) groups excluding carboxylic acids is 1. The fourth-order valence-corrected chi connectivity index (χ4v) is 1.96. The highest BCUT2D eigenvalue weighted by Gasteiger charge is 2.15. The second kappa shape index (κ2) is 6.54. The van der Waals surface area contributed by atoms with Crippen molar-refractivity contribution in [2.24, 2.45) is 18.7 Å². The van der Waals surface area contributed by atoms with Crippen LogP contribution in [-0.2, 0) is 24.8 Å². The fraction of sp³-hybridized carbons (Fsp3) is 0.692. The Morgan fingerprint density at radius 2 is 2.22 bits per heavy atom. The zero-order valence-corrected chi connectivity index (χ0v) is 11.7. The van der Waals surface area contributed by atoms with Crippen molar-refractivity contribution >= 4 is 5.91 Å². The Morgan fingerprint density at radius 1 is 1.56 bits per heavy atom. The van der Waals surface area contributed by atoms with Gasteiger partial charge in [0.2, 0.25) is 5.91 Å². The summed E-state index contributed by atoms with van der Waals surface area (Å²) in [6, 6.07) is -0.424. The number of amides is 1. The first kappa shape index (κ1) is 14.7. The molecule has 0 saturated heterocycles. The molecule has 0 aliphatic heterocycles. The van der Waals surface area contributed by atoms with E-state index in [1.54, 1.807) is 4.68 Å². The van der Waals surface area contributed by atoms with Crippen LogP contribution >= 0.6 is 0 Å². The van der Waals surface area contributed by atoms with Gasteiger partial charge in [0, 0.05) is 25.4 Å². The lowest BCUT2D eigenvalue weighted by Gasteiger charge is -2.13. The molecule has 0 aliphatic carbocycles. The molecule has 102 valence electrons. The molecule has 0 spiro atoms. The van der Waals surface area contributed by atoms with E-state index < -0.39 is 6.04 Å². The number of rotatable bonds is 6. The summed E-state index contributed by atoms with van der Waals surface area (Å²) in [7, 11) is 1.88. The molecule has 0 aromatic carbocycles. The number of nitrogens with zero attached hydrogens (tertiary/aromatic N) is 2. The van der Waals surface area contributed by atoms with Crippen LogP contribution in [0.4, 0.5) is 0 Å². The summed E-state index contributed by atoms with van der Waals surface area (Å²) >= 11 is 0. The highest BCUT2D eigenvalue weighted by atomic mass is 16.2. The molecule has 0 radical (unpaired) electrons. The molecule has 1 heterocycles. The first-order valence-corrected chi connectivity index (χ1v) is 6.48. The molecule has 3 N–H and O–H groups in total.